The van der Waals surface area contributed by atoms with E-state index in [4.69, 9.17) is 17.3 Å². The molecular weight excluding hydrogens is 264 g/mol. The Morgan fingerprint density at radius 1 is 1.39 bits per heavy atom. The van der Waals surface area contributed by atoms with Gasteiger partial charge in [0.25, 0.3) is 0 Å². The third kappa shape index (κ3) is 1.98. The Morgan fingerprint density at radius 3 is 3.06 bits per heavy atom. The Labute approximate surface area is 116 Å². The molecule has 1 aliphatic rings. The lowest BCUT2D eigenvalue weighted by atomic mass is 10.1. The van der Waals surface area contributed by atoms with Crippen molar-refractivity contribution in [1.82, 2.24) is 0 Å². The SMILES string of the molecule is Cc1cc(N)c(Cl)cc1N1CCc2sccc2C1. The fraction of sp³-hybridized carbons (Fsp3) is 0.286. The number of nitrogens with zero attached hydrogens (tertiary/aromatic N) is 1. The minimum atomic E-state index is 0.645. The van der Waals surface area contributed by atoms with Gasteiger partial charge in [-0.1, -0.05) is 11.6 Å². The quantitative estimate of drug-likeness (QED) is 0.803. The molecule has 0 spiro atoms. The maximum atomic E-state index is 6.13. The van der Waals surface area contributed by atoms with Crippen molar-refractivity contribution in [2.45, 2.75) is 19.9 Å². The van der Waals surface area contributed by atoms with E-state index in [0.29, 0.717) is 10.7 Å². The highest BCUT2D eigenvalue weighted by atomic mass is 35.5. The number of benzene rings is 1. The smallest absolute Gasteiger partial charge is 0.0656 e. The Bertz CT molecular complexity index is 591. The first kappa shape index (κ1) is 11.9. The van der Waals surface area contributed by atoms with Gasteiger partial charge in [-0.3, -0.25) is 0 Å². The molecule has 0 saturated carbocycles. The van der Waals surface area contributed by atoms with Crippen LogP contribution in [0.1, 0.15) is 16.0 Å². The van der Waals surface area contributed by atoms with Gasteiger partial charge in [-0.05, 0) is 48.1 Å². The molecule has 1 aliphatic heterocycles. The lowest BCUT2D eigenvalue weighted by Gasteiger charge is -2.30. The van der Waals surface area contributed by atoms with Crippen LogP contribution >= 0.6 is 22.9 Å². The second-order valence-corrected chi connectivity index (χ2v) is 6.11. The molecular formula is C14H15ClN2S. The van der Waals surface area contributed by atoms with Gasteiger partial charge in [0, 0.05) is 23.7 Å². The number of aryl methyl sites for hydroxylation is 1. The summed E-state index contributed by atoms with van der Waals surface area (Å²) < 4.78 is 0. The lowest BCUT2D eigenvalue weighted by molar-refractivity contribution is 0.741. The van der Waals surface area contributed by atoms with Crippen LogP contribution in [0, 0.1) is 6.92 Å². The van der Waals surface area contributed by atoms with Crippen molar-refractivity contribution < 1.29 is 0 Å². The topological polar surface area (TPSA) is 29.3 Å². The number of nitrogen functional groups attached to an aromatic ring is 1. The van der Waals surface area contributed by atoms with E-state index in [1.54, 1.807) is 0 Å². The van der Waals surface area contributed by atoms with Crippen LogP contribution in [-0.4, -0.2) is 6.54 Å². The highest BCUT2D eigenvalue weighted by Crippen LogP contribution is 2.33. The average molecular weight is 279 g/mol. The van der Waals surface area contributed by atoms with Gasteiger partial charge in [-0.15, -0.1) is 11.3 Å². The first-order valence-corrected chi connectivity index (χ1v) is 7.26. The molecule has 1 aromatic heterocycles. The standard InChI is InChI=1S/C14H15ClN2S/c1-9-6-12(16)11(15)7-13(9)17-4-2-14-10(8-17)3-5-18-14/h3,5-7H,2,4,8,16H2,1H3. The molecule has 0 radical (unpaired) electrons. The number of anilines is 2. The summed E-state index contributed by atoms with van der Waals surface area (Å²) in [5.74, 6) is 0. The van der Waals surface area contributed by atoms with Gasteiger partial charge in [0.15, 0.2) is 0 Å². The number of nitrogens with two attached hydrogens (primary N) is 1. The van der Waals surface area contributed by atoms with Crippen molar-refractivity contribution in [2.24, 2.45) is 0 Å². The zero-order valence-corrected chi connectivity index (χ0v) is 11.8. The minimum absolute atomic E-state index is 0.645. The normalized spacial score (nSPS) is 14.7. The van der Waals surface area contributed by atoms with Crippen LogP contribution in [0.4, 0.5) is 11.4 Å². The van der Waals surface area contributed by atoms with Crippen LogP contribution in [0.3, 0.4) is 0 Å². The molecule has 4 heteroatoms. The molecule has 0 unspecified atom stereocenters. The third-order valence-corrected chi connectivity index (χ3v) is 4.81. The summed E-state index contributed by atoms with van der Waals surface area (Å²) in [4.78, 5) is 3.90. The van der Waals surface area contributed by atoms with Crippen LogP contribution < -0.4 is 10.6 Å². The van der Waals surface area contributed by atoms with Gasteiger partial charge in [0.05, 0.1) is 10.7 Å². The second-order valence-electron chi connectivity index (χ2n) is 4.70. The van der Waals surface area contributed by atoms with Crippen molar-refractivity contribution in [3.05, 3.63) is 44.6 Å². The summed E-state index contributed by atoms with van der Waals surface area (Å²) in [6.45, 7) is 4.11. The maximum Gasteiger partial charge on any atom is 0.0656 e. The molecule has 2 heterocycles. The van der Waals surface area contributed by atoms with Crippen LogP contribution in [-0.2, 0) is 13.0 Å². The van der Waals surface area contributed by atoms with Crippen LogP contribution in [0.2, 0.25) is 5.02 Å². The fourth-order valence-corrected chi connectivity index (χ4v) is 3.54. The Balaban J connectivity index is 1.95. The molecule has 0 saturated heterocycles. The average Bonchev–Trinajstić information content (AvgIpc) is 2.80. The molecule has 3 rings (SSSR count). The van der Waals surface area contributed by atoms with Gasteiger partial charge in [-0.25, -0.2) is 0 Å². The summed E-state index contributed by atoms with van der Waals surface area (Å²) in [5, 5.41) is 2.82. The summed E-state index contributed by atoms with van der Waals surface area (Å²) in [6.07, 6.45) is 1.12. The van der Waals surface area contributed by atoms with Crippen LogP contribution in [0.25, 0.3) is 0 Å². The first-order valence-electron chi connectivity index (χ1n) is 6.01. The summed E-state index contributed by atoms with van der Waals surface area (Å²) in [7, 11) is 0. The summed E-state index contributed by atoms with van der Waals surface area (Å²) >= 11 is 7.99. The first-order chi connectivity index (χ1) is 8.65. The van der Waals surface area contributed by atoms with E-state index >= 15 is 0 Å². The van der Waals surface area contributed by atoms with E-state index in [-0.39, 0.29) is 0 Å². The van der Waals surface area contributed by atoms with Gasteiger partial charge >= 0.3 is 0 Å². The molecule has 94 valence electrons. The van der Waals surface area contributed by atoms with Crippen molar-refractivity contribution in [3.63, 3.8) is 0 Å². The van der Waals surface area contributed by atoms with Gasteiger partial charge in [0.2, 0.25) is 0 Å². The van der Waals surface area contributed by atoms with E-state index in [0.717, 1.165) is 19.5 Å². The number of rotatable bonds is 1. The maximum absolute atomic E-state index is 6.13. The molecule has 0 fully saturated rings. The van der Waals surface area contributed by atoms with Gasteiger partial charge < -0.3 is 10.6 Å². The van der Waals surface area contributed by atoms with Gasteiger partial charge in [0.1, 0.15) is 0 Å². The fourth-order valence-electron chi connectivity index (χ4n) is 2.49. The van der Waals surface area contributed by atoms with E-state index < -0.39 is 0 Å². The molecule has 0 atom stereocenters. The van der Waals surface area contributed by atoms with E-state index in [9.17, 15) is 0 Å². The van der Waals surface area contributed by atoms with Gasteiger partial charge in [-0.2, -0.15) is 0 Å². The molecule has 2 nitrogen and oxygen atoms in total. The zero-order chi connectivity index (χ0) is 12.7. The summed E-state index contributed by atoms with van der Waals surface area (Å²) in [5.41, 5.74) is 10.3. The highest BCUT2D eigenvalue weighted by molar-refractivity contribution is 7.10. The zero-order valence-electron chi connectivity index (χ0n) is 10.2. The summed E-state index contributed by atoms with van der Waals surface area (Å²) in [6, 6.07) is 6.17. The minimum Gasteiger partial charge on any atom is -0.398 e. The van der Waals surface area contributed by atoms with E-state index in [2.05, 4.69) is 23.3 Å². The van der Waals surface area contributed by atoms with E-state index in [1.165, 1.54) is 21.7 Å². The number of fused-ring (bicyclic) bond motifs is 1. The van der Waals surface area contributed by atoms with Crippen molar-refractivity contribution in [2.75, 3.05) is 17.2 Å². The van der Waals surface area contributed by atoms with Crippen molar-refractivity contribution >= 4 is 34.3 Å². The molecule has 1 aromatic carbocycles. The highest BCUT2D eigenvalue weighted by Gasteiger charge is 2.19. The Morgan fingerprint density at radius 2 is 2.22 bits per heavy atom. The molecule has 0 aliphatic carbocycles. The number of hydrogen-bond donors (Lipinski definition) is 1. The molecule has 2 aromatic rings. The monoisotopic (exact) mass is 278 g/mol. The third-order valence-electron chi connectivity index (χ3n) is 3.46. The van der Waals surface area contributed by atoms with Crippen molar-refractivity contribution in [1.29, 1.82) is 0 Å². The predicted molar refractivity (Wildman–Crippen MR) is 79.7 cm³/mol. The van der Waals surface area contributed by atoms with Crippen LogP contribution in [0.15, 0.2) is 23.6 Å². The number of hydrogen-bond acceptors (Lipinski definition) is 3. The molecule has 0 amide bonds. The molecule has 0 bridgehead atoms. The molecule has 18 heavy (non-hydrogen) atoms. The predicted octanol–water partition coefficient (Wildman–Crippen LogP) is 3.85. The lowest BCUT2D eigenvalue weighted by Crippen LogP contribution is -2.29. The largest absolute Gasteiger partial charge is 0.398 e. The Hall–Kier alpha value is -1.19. The number of thiophene rings is 1. The van der Waals surface area contributed by atoms with E-state index in [1.807, 2.05) is 23.5 Å². The molecule has 2 N–H and O–H groups in total. The van der Waals surface area contributed by atoms with Crippen molar-refractivity contribution in [3.8, 4) is 0 Å². The van der Waals surface area contributed by atoms with Crippen LogP contribution in [0.5, 0.6) is 0 Å². The number of halogens is 1. The Kier molecular flexibility index (Phi) is 2.96. The second kappa shape index (κ2) is 4.48.